The van der Waals surface area contributed by atoms with E-state index in [4.69, 9.17) is 4.42 Å². The molecule has 0 aliphatic heterocycles. The van der Waals surface area contributed by atoms with E-state index in [9.17, 15) is 14.4 Å². The minimum absolute atomic E-state index is 0.0446. The Labute approximate surface area is 123 Å². The zero-order chi connectivity index (χ0) is 15.7. The van der Waals surface area contributed by atoms with Crippen molar-refractivity contribution in [2.24, 2.45) is 0 Å². The molecule has 0 saturated heterocycles. The van der Waals surface area contributed by atoms with Crippen LogP contribution in [0.2, 0.25) is 0 Å². The van der Waals surface area contributed by atoms with Gasteiger partial charge in [-0.1, -0.05) is 5.16 Å². The van der Waals surface area contributed by atoms with E-state index < -0.39 is 17.3 Å². The number of benzene rings is 1. The number of rotatable bonds is 3. The van der Waals surface area contributed by atoms with Crippen LogP contribution < -0.4 is 10.9 Å². The van der Waals surface area contributed by atoms with Gasteiger partial charge in [-0.25, -0.2) is 4.79 Å². The van der Waals surface area contributed by atoms with Crippen LogP contribution in [0.4, 0.5) is 5.69 Å². The van der Waals surface area contributed by atoms with Crippen LogP contribution in [0.3, 0.4) is 0 Å². The van der Waals surface area contributed by atoms with Gasteiger partial charge in [0.15, 0.2) is 5.76 Å². The Hall–Kier alpha value is -3.22. The Balaban J connectivity index is 1.91. The van der Waals surface area contributed by atoms with E-state index in [1.54, 1.807) is 13.0 Å². The number of hydrogen-bond donors (Lipinski definition) is 1. The lowest BCUT2D eigenvalue weighted by atomic mass is 10.1. The van der Waals surface area contributed by atoms with Crippen LogP contribution in [-0.4, -0.2) is 16.8 Å². The first-order valence-corrected chi connectivity index (χ1v) is 6.36. The van der Waals surface area contributed by atoms with Gasteiger partial charge >= 0.3 is 5.63 Å². The third-order valence-corrected chi connectivity index (χ3v) is 3.10. The lowest BCUT2D eigenvalue weighted by molar-refractivity contribution is -0.112. The van der Waals surface area contributed by atoms with E-state index in [-0.39, 0.29) is 5.76 Å². The summed E-state index contributed by atoms with van der Waals surface area (Å²) in [6.45, 7) is 1.67. The summed E-state index contributed by atoms with van der Waals surface area (Å²) in [5.41, 5.74) is 0.307. The Morgan fingerprint density at radius 3 is 2.73 bits per heavy atom. The highest BCUT2D eigenvalue weighted by Crippen LogP contribution is 2.19. The summed E-state index contributed by atoms with van der Waals surface area (Å²) in [4.78, 5) is 35.2. The average Bonchev–Trinajstić information content (AvgIpc) is 3.04. The second-order valence-corrected chi connectivity index (χ2v) is 4.58. The molecule has 0 radical (unpaired) electrons. The fourth-order valence-corrected chi connectivity index (χ4v) is 2.02. The van der Waals surface area contributed by atoms with E-state index in [0.29, 0.717) is 22.2 Å². The molecule has 1 aromatic carbocycles. The Bertz CT molecular complexity index is 925. The van der Waals surface area contributed by atoms with Gasteiger partial charge in [-0.15, -0.1) is 0 Å². The molecule has 0 unspecified atom stereocenters. The number of amides is 1. The lowest BCUT2D eigenvalue weighted by Crippen LogP contribution is -2.22. The molecule has 0 aliphatic carbocycles. The van der Waals surface area contributed by atoms with E-state index in [0.717, 1.165) is 0 Å². The van der Waals surface area contributed by atoms with Crippen molar-refractivity contribution in [1.29, 1.82) is 0 Å². The summed E-state index contributed by atoms with van der Waals surface area (Å²) in [5.74, 6) is -1.66. The predicted octanol–water partition coefficient (Wildman–Crippen LogP) is 1.91. The Morgan fingerprint density at radius 1 is 1.18 bits per heavy atom. The number of nitrogens with zero attached hydrogens (tertiary/aromatic N) is 1. The zero-order valence-corrected chi connectivity index (χ0v) is 11.5. The fraction of sp³-hybridized carbons (Fsp3) is 0.0667. The van der Waals surface area contributed by atoms with Gasteiger partial charge in [0.1, 0.15) is 0 Å². The minimum atomic E-state index is -0.831. The maximum absolute atomic E-state index is 11.9. The number of aromatic nitrogens is 1. The van der Waals surface area contributed by atoms with Crippen LogP contribution in [0, 0.1) is 6.92 Å². The van der Waals surface area contributed by atoms with Crippen molar-refractivity contribution >= 4 is 28.2 Å². The largest absolute Gasteiger partial charge is 0.461 e. The first-order valence-electron chi connectivity index (χ1n) is 6.36. The number of Topliss-reactive ketones (excluding diaryl/α,β-unsaturated/α-hetero) is 1. The summed E-state index contributed by atoms with van der Waals surface area (Å²) >= 11 is 0. The average molecular weight is 298 g/mol. The lowest BCUT2D eigenvalue weighted by Gasteiger charge is -2.05. The topological polar surface area (TPSA) is 102 Å². The molecule has 110 valence electrons. The SMILES string of the molecule is Cc1noc(=O)c2ccc(NC(=O)C(=O)c3ccco3)cc12. The first kappa shape index (κ1) is 13.7. The van der Waals surface area contributed by atoms with Crippen LogP contribution in [0.1, 0.15) is 16.2 Å². The predicted molar refractivity (Wildman–Crippen MR) is 76.7 cm³/mol. The van der Waals surface area contributed by atoms with Crippen molar-refractivity contribution in [3.8, 4) is 0 Å². The molecule has 3 rings (SSSR count). The number of fused-ring (bicyclic) bond motifs is 1. The molecule has 2 heterocycles. The van der Waals surface area contributed by atoms with E-state index in [2.05, 4.69) is 15.0 Å². The summed E-state index contributed by atoms with van der Waals surface area (Å²) in [6.07, 6.45) is 1.31. The van der Waals surface area contributed by atoms with Crippen LogP contribution in [0.5, 0.6) is 0 Å². The van der Waals surface area contributed by atoms with Crippen LogP contribution in [0.15, 0.2) is 50.3 Å². The number of carbonyl (C=O) groups is 2. The molecule has 3 aromatic rings. The standard InChI is InChI=1S/C15H10N2O5/c1-8-11-7-9(4-5-10(11)15(20)22-17-8)16-14(19)13(18)12-3-2-6-21-12/h2-7H,1H3,(H,16,19). The van der Waals surface area contributed by atoms with Gasteiger partial charge in [0, 0.05) is 11.1 Å². The normalized spacial score (nSPS) is 10.6. The van der Waals surface area contributed by atoms with Gasteiger partial charge < -0.3 is 14.3 Å². The molecule has 0 spiro atoms. The van der Waals surface area contributed by atoms with E-state index in [1.165, 1.54) is 30.5 Å². The van der Waals surface area contributed by atoms with Crippen molar-refractivity contribution in [3.63, 3.8) is 0 Å². The molecular formula is C15H10N2O5. The van der Waals surface area contributed by atoms with Crippen LogP contribution in [0.25, 0.3) is 10.8 Å². The molecule has 7 nitrogen and oxygen atoms in total. The molecule has 0 aliphatic rings. The maximum atomic E-state index is 11.9. The Kier molecular flexibility index (Phi) is 3.30. The maximum Gasteiger partial charge on any atom is 0.366 e. The number of anilines is 1. The second kappa shape index (κ2) is 5.28. The van der Waals surface area contributed by atoms with Crippen LogP contribution >= 0.6 is 0 Å². The molecule has 0 atom stereocenters. The quantitative estimate of drug-likeness (QED) is 0.585. The number of ketones is 1. The molecule has 22 heavy (non-hydrogen) atoms. The summed E-state index contributed by atoms with van der Waals surface area (Å²) in [5, 5.41) is 6.97. The molecule has 0 saturated carbocycles. The smallest absolute Gasteiger partial charge is 0.366 e. The van der Waals surface area contributed by atoms with Gasteiger partial charge in [0.25, 0.3) is 11.7 Å². The number of hydrogen-bond acceptors (Lipinski definition) is 6. The summed E-state index contributed by atoms with van der Waals surface area (Å²) in [6, 6.07) is 7.49. The summed E-state index contributed by atoms with van der Waals surface area (Å²) < 4.78 is 9.51. The van der Waals surface area contributed by atoms with Crippen molar-refractivity contribution in [3.05, 3.63) is 58.5 Å². The monoisotopic (exact) mass is 298 g/mol. The molecule has 2 aromatic heterocycles. The van der Waals surface area contributed by atoms with Crippen molar-refractivity contribution in [2.75, 3.05) is 5.32 Å². The van der Waals surface area contributed by atoms with Crippen molar-refractivity contribution < 1.29 is 18.5 Å². The molecule has 7 heteroatoms. The number of furan rings is 1. The molecule has 1 amide bonds. The van der Waals surface area contributed by atoms with Gasteiger partial charge in [0.2, 0.25) is 0 Å². The highest BCUT2D eigenvalue weighted by Gasteiger charge is 2.19. The molecule has 1 N–H and O–H groups in total. The number of carbonyl (C=O) groups excluding carboxylic acids is 2. The third-order valence-electron chi connectivity index (χ3n) is 3.10. The van der Waals surface area contributed by atoms with Gasteiger partial charge in [0.05, 0.1) is 17.3 Å². The number of nitrogens with one attached hydrogen (secondary N) is 1. The highest BCUT2D eigenvalue weighted by molar-refractivity contribution is 6.45. The van der Waals surface area contributed by atoms with E-state index in [1.807, 2.05) is 0 Å². The van der Waals surface area contributed by atoms with E-state index >= 15 is 0 Å². The highest BCUT2D eigenvalue weighted by atomic mass is 16.5. The summed E-state index contributed by atoms with van der Waals surface area (Å²) in [7, 11) is 0. The first-order chi connectivity index (χ1) is 10.6. The van der Waals surface area contributed by atoms with Crippen molar-refractivity contribution in [1.82, 2.24) is 5.16 Å². The fourth-order valence-electron chi connectivity index (χ4n) is 2.02. The Morgan fingerprint density at radius 2 is 2.00 bits per heavy atom. The third kappa shape index (κ3) is 2.39. The van der Waals surface area contributed by atoms with Gasteiger partial charge in [-0.3, -0.25) is 9.59 Å². The molecule has 0 bridgehead atoms. The minimum Gasteiger partial charge on any atom is -0.461 e. The zero-order valence-electron chi connectivity index (χ0n) is 11.5. The van der Waals surface area contributed by atoms with Crippen molar-refractivity contribution in [2.45, 2.75) is 6.92 Å². The molecule has 0 fully saturated rings. The van der Waals surface area contributed by atoms with Gasteiger partial charge in [-0.2, -0.15) is 0 Å². The molecular weight excluding hydrogens is 288 g/mol. The second-order valence-electron chi connectivity index (χ2n) is 4.58. The number of aryl methyl sites for hydroxylation is 1. The van der Waals surface area contributed by atoms with Gasteiger partial charge in [-0.05, 0) is 37.3 Å². The van der Waals surface area contributed by atoms with Crippen LogP contribution in [-0.2, 0) is 4.79 Å².